The number of aromatic nitrogens is 3. The Labute approximate surface area is 148 Å². The van der Waals surface area contributed by atoms with Crippen molar-refractivity contribution in [3.8, 4) is 11.4 Å². The number of hydrogen-bond acceptors (Lipinski definition) is 5. The highest BCUT2D eigenvalue weighted by molar-refractivity contribution is 5.55. The highest BCUT2D eigenvalue weighted by Crippen LogP contribution is 2.29. The Balaban J connectivity index is 1.69. The Morgan fingerprint density at radius 3 is 2.35 bits per heavy atom. The van der Waals surface area contributed by atoms with Crippen LogP contribution >= 0.6 is 0 Å². The summed E-state index contributed by atoms with van der Waals surface area (Å²) >= 11 is 0. The van der Waals surface area contributed by atoms with Crippen LogP contribution in [0.15, 0.2) is 53.2 Å². The normalized spacial score (nSPS) is 14.0. The smallest absolute Gasteiger partial charge is 0.367 e. The van der Waals surface area contributed by atoms with E-state index in [1.807, 2.05) is 25.1 Å². The molecule has 1 aromatic carbocycles. The summed E-state index contributed by atoms with van der Waals surface area (Å²) in [4.78, 5) is 7.58. The summed E-state index contributed by atoms with van der Waals surface area (Å²) in [5.41, 5.74) is 1.55. The zero-order valence-corrected chi connectivity index (χ0v) is 14.2. The van der Waals surface area contributed by atoms with Crippen molar-refractivity contribution >= 4 is 5.82 Å². The van der Waals surface area contributed by atoms with Gasteiger partial charge in [-0.05, 0) is 24.6 Å². The average Bonchev–Trinajstić information content (AvgIpc) is 3.13. The van der Waals surface area contributed by atoms with Gasteiger partial charge in [0.05, 0.1) is 0 Å². The predicted molar refractivity (Wildman–Crippen MR) is 90.5 cm³/mol. The molecule has 0 aliphatic heterocycles. The standard InChI is InChI=1S/C18H17F3N4O/c1-11(13-6-4-3-5-7-13)12(2)23-15-9-8-14(10-22-15)16-24-17(26-25-16)18(19,20)21/h3-12H,1-2H3,(H,22,23). The molecule has 5 nitrogen and oxygen atoms in total. The van der Waals surface area contributed by atoms with Gasteiger partial charge in [0.15, 0.2) is 0 Å². The lowest BCUT2D eigenvalue weighted by Gasteiger charge is -2.22. The first-order chi connectivity index (χ1) is 12.3. The molecule has 0 saturated heterocycles. The van der Waals surface area contributed by atoms with E-state index in [1.54, 1.807) is 12.1 Å². The van der Waals surface area contributed by atoms with Gasteiger partial charge in [-0.25, -0.2) is 4.98 Å². The predicted octanol–water partition coefficient (Wildman–Crippen LogP) is 4.75. The van der Waals surface area contributed by atoms with E-state index in [2.05, 4.69) is 44.0 Å². The number of nitrogens with one attached hydrogen (secondary N) is 1. The van der Waals surface area contributed by atoms with Crippen molar-refractivity contribution in [3.63, 3.8) is 0 Å². The van der Waals surface area contributed by atoms with Gasteiger partial charge in [-0.15, -0.1) is 0 Å². The molecule has 0 aliphatic carbocycles. The van der Waals surface area contributed by atoms with Gasteiger partial charge < -0.3 is 9.84 Å². The molecule has 0 aliphatic rings. The molecule has 26 heavy (non-hydrogen) atoms. The maximum atomic E-state index is 12.5. The van der Waals surface area contributed by atoms with E-state index in [0.717, 1.165) is 0 Å². The van der Waals surface area contributed by atoms with E-state index in [0.29, 0.717) is 11.4 Å². The molecule has 1 N–H and O–H groups in total. The molecule has 0 spiro atoms. The Bertz CT molecular complexity index is 847. The Morgan fingerprint density at radius 1 is 1.04 bits per heavy atom. The summed E-state index contributed by atoms with van der Waals surface area (Å²) in [5.74, 6) is -0.658. The first-order valence-electron chi connectivity index (χ1n) is 8.03. The van der Waals surface area contributed by atoms with Gasteiger partial charge in [-0.1, -0.05) is 42.4 Å². The van der Waals surface area contributed by atoms with E-state index >= 15 is 0 Å². The first-order valence-corrected chi connectivity index (χ1v) is 8.03. The minimum atomic E-state index is -4.66. The van der Waals surface area contributed by atoms with E-state index < -0.39 is 12.1 Å². The molecular weight excluding hydrogens is 345 g/mol. The maximum absolute atomic E-state index is 12.5. The molecular formula is C18H17F3N4O. The van der Waals surface area contributed by atoms with Crippen LogP contribution in [0.1, 0.15) is 31.2 Å². The zero-order valence-electron chi connectivity index (χ0n) is 14.2. The number of nitrogens with zero attached hydrogens (tertiary/aromatic N) is 3. The Kier molecular flexibility index (Phi) is 4.92. The SMILES string of the molecule is CC(Nc1ccc(-c2noc(C(F)(F)F)n2)cn1)C(C)c1ccccc1. The molecule has 8 heteroatoms. The summed E-state index contributed by atoms with van der Waals surface area (Å²) in [5, 5.41) is 6.64. The van der Waals surface area contributed by atoms with Crippen molar-refractivity contribution in [2.24, 2.45) is 0 Å². The fourth-order valence-corrected chi connectivity index (χ4v) is 2.47. The van der Waals surface area contributed by atoms with Crippen molar-refractivity contribution in [3.05, 3.63) is 60.1 Å². The van der Waals surface area contributed by atoms with Crippen LogP contribution in [0.2, 0.25) is 0 Å². The third kappa shape index (κ3) is 4.01. The number of rotatable bonds is 5. The minimum Gasteiger partial charge on any atom is -0.367 e. The second kappa shape index (κ2) is 7.15. The topological polar surface area (TPSA) is 63.8 Å². The van der Waals surface area contributed by atoms with E-state index in [4.69, 9.17) is 0 Å². The second-order valence-corrected chi connectivity index (χ2v) is 5.99. The van der Waals surface area contributed by atoms with Crippen LogP contribution in [0.25, 0.3) is 11.4 Å². The summed E-state index contributed by atoms with van der Waals surface area (Å²) in [7, 11) is 0. The lowest BCUT2D eigenvalue weighted by atomic mass is 9.94. The summed E-state index contributed by atoms with van der Waals surface area (Å²) < 4.78 is 41.8. The Morgan fingerprint density at radius 2 is 1.77 bits per heavy atom. The lowest BCUT2D eigenvalue weighted by Crippen LogP contribution is -2.22. The molecule has 136 valence electrons. The molecule has 2 heterocycles. The second-order valence-electron chi connectivity index (χ2n) is 5.99. The van der Waals surface area contributed by atoms with E-state index in [9.17, 15) is 13.2 Å². The van der Waals surface area contributed by atoms with Crippen LogP contribution in [-0.2, 0) is 6.18 Å². The Hall–Kier alpha value is -2.90. The number of anilines is 1. The number of alkyl halides is 3. The third-order valence-corrected chi connectivity index (χ3v) is 4.14. The van der Waals surface area contributed by atoms with Gasteiger partial charge in [0.25, 0.3) is 0 Å². The van der Waals surface area contributed by atoms with Crippen LogP contribution in [0.5, 0.6) is 0 Å². The quantitative estimate of drug-likeness (QED) is 0.709. The van der Waals surface area contributed by atoms with Crippen molar-refractivity contribution in [2.45, 2.75) is 32.0 Å². The largest absolute Gasteiger partial charge is 0.471 e. The number of benzene rings is 1. The van der Waals surface area contributed by atoms with Crippen LogP contribution in [0.4, 0.5) is 19.0 Å². The lowest BCUT2D eigenvalue weighted by molar-refractivity contribution is -0.159. The third-order valence-electron chi connectivity index (χ3n) is 4.14. The molecule has 3 aromatic rings. The van der Waals surface area contributed by atoms with Crippen molar-refractivity contribution in [1.29, 1.82) is 0 Å². The van der Waals surface area contributed by atoms with E-state index in [1.165, 1.54) is 11.8 Å². The van der Waals surface area contributed by atoms with Crippen LogP contribution in [0.3, 0.4) is 0 Å². The van der Waals surface area contributed by atoms with Gasteiger partial charge in [-0.2, -0.15) is 18.2 Å². The van der Waals surface area contributed by atoms with Crippen molar-refractivity contribution < 1.29 is 17.7 Å². The minimum absolute atomic E-state index is 0.109. The summed E-state index contributed by atoms with van der Waals surface area (Å²) in [6.45, 7) is 4.15. The highest BCUT2D eigenvalue weighted by atomic mass is 19.4. The summed E-state index contributed by atoms with van der Waals surface area (Å²) in [6, 6.07) is 13.5. The van der Waals surface area contributed by atoms with Crippen LogP contribution < -0.4 is 5.32 Å². The van der Waals surface area contributed by atoms with Crippen molar-refractivity contribution in [2.75, 3.05) is 5.32 Å². The van der Waals surface area contributed by atoms with Gasteiger partial charge in [0.2, 0.25) is 5.82 Å². The fourth-order valence-electron chi connectivity index (χ4n) is 2.47. The van der Waals surface area contributed by atoms with Crippen LogP contribution in [-0.4, -0.2) is 21.2 Å². The number of pyridine rings is 1. The molecule has 0 bridgehead atoms. The molecule has 0 fully saturated rings. The molecule has 2 aromatic heterocycles. The maximum Gasteiger partial charge on any atom is 0.471 e. The molecule has 0 amide bonds. The molecule has 2 atom stereocenters. The first kappa shape index (κ1) is 17.9. The molecule has 2 unspecified atom stereocenters. The monoisotopic (exact) mass is 362 g/mol. The van der Waals surface area contributed by atoms with E-state index in [-0.39, 0.29) is 17.8 Å². The molecule has 0 radical (unpaired) electrons. The highest BCUT2D eigenvalue weighted by Gasteiger charge is 2.38. The zero-order chi connectivity index (χ0) is 18.7. The molecule has 3 rings (SSSR count). The van der Waals surface area contributed by atoms with Gasteiger partial charge in [0.1, 0.15) is 5.82 Å². The summed E-state index contributed by atoms with van der Waals surface area (Å²) in [6.07, 6.45) is -3.25. The van der Waals surface area contributed by atoms with Crippen molar-refractivity contribution in [1.82, 2.24) is 15.1 Å². The molecule has 0 saturated carbocycles. The van der Waals surface area contributed by atoms with Crippen LogP contribution in [0, 0.1) is 0 Å². The average molecular weight is 362 g/mol. The van der Waals surface area contributed by atoms with Gasteiger partial charge in [-0.3, -0.25) is 0 Å². The number of halogens is 3. The van der Waals surface area contributed by atoms with Gasteiger partial charge >= 0.3 is 12.1 Å². The number of hydrogen-bond donors (Lipinski definition) is 1. The van der Waals surface area contributed by atoms with Gasteiger partial charge in [0, 0.05) is 23.7 Å². The fraction of sp³-hybridized carbons (Fsp3) is 0.278.